The molecule has 2 aromatic rings. The molecule has 1 heterocycles. The van der Waals surface area contributed by atoms with E-state index in [1.54, 1.807) is 6.26 Å². The van der Waals surface area contributed by atoms with E-state index in [1.165, 1.54) is 6.07 Å². The predicted molar refractivity (Wildman–Crippen MR) is 82.3 cm³/mol. The SMILES string of the molecule is CCCNC(c1ccc(F)c(Br)c1)c1ccoc1CC. The van der Waals surface area contributed by atoms with Crippen LogP contribution in [-0.4, -0.2) is 6.54 Å². The Morgan fingerprint density at radius 1 is 1.30 bits per heavy atom. The number of furan rings is 1. The Labute approximate surface area is 127 Å². The molecule has 2 nitrogen and oxygen atoms in total. The summed E-state index contributed by atoms with van der Waals surface area (Å²) in [5, 5.41) is 3.51. The van der Waals surface area contributed by atoms with Crippen molar-refractivity contribution in [3.63, 3.8) is 0 Å². The molecule has 1 unspecified atom stereocenters. The van der Waals surface area contributed by atoms with E-state index in [9.17, 15) is 4.39 Å². The zero-order valence-electron chi connectivity index (χ0n) is 11.7. The van der Waals surface area contributed by atoms with Crippen molar-refractivity contribution < 1.29 is 8.81 Å². The van der Waals surface area contributed by atoms with Gasteiger partial charge in [-0.3, -0.25) is 0 Å². The van der Waals surface area contributed by atoms with Gasteiger partial charge in [0.25, 0.3) is 0 Å². The summed E-state index contributed by atoms with van der Waals surface area (Å²) in [6.45, 7) is 5.09. The zero-order chi connectivity index (χ0) is 14.5. The third-order valence-electron chi connectivity index (χ3n) is 3.29. The minimum atomic E-state index is -0.245. The van der Waals surface area contributed by atoms with E-state index in [1.807, 2.05) is 18.2 Å². The van der Waals surface area contributed by atoms with Gasteiger partial charge in [-0.15, -0.1) is 0 Å². The van der Waals surface area contributed by atoms with Gasteiger partial charge in [0.05, 0.1) is 16.8 Å². The number of rotatable bonds is 6. The van der Waals surface area contributed by atoms with Gasteiger partial charge < -0.3 is 9.73 Å². The fourth-order valence-electron chi connectivity index (χ4n) is 2.28. The third-order valence-corrected chi connectivity index (χ3v) is 3.90. The summed E-state index contributed by atoms with van der Waals surface area (Å²) in [7, 11) is 0. The van der Waals surface area contributed by atoms with Crippen LogP contribution in [0.4, 0.5) is 4.39 Å². The summed E-state index contributed by atoms with van der Waals surface area (Å²) in [6, 6.07) is 7.16. The smallest absolute Gasteiger partial charge is 0.137 e. The number of aryl methyl sites for hydroxylation is 1. The highest BCUT2D eigenvalue weighted by molar-refractivity contribution is 9.10. The lowest BCUT2D eigenvalue weighted by molar-refractivity contribution is 0.499. The van der Waals surface area contributed by atoms with Crippen molar-refractivity contribution in [3.8, 4) is 0 Å². The van der Waals surface area contributed by atoms with E-state index >= 15 is 0 Å². The number of hydrogen-bond acceptors (Lipinski definition) is 2. The average Bonchev–Trinajstić information content (AvgIpc) is 2.91. The van der Waals surface area contributed by atoms with Gasteiger partial charge in [0.2, 0.25) is 0 Å². The summed E-state index contributed by atoms with van der Waals surface area (Å²) in [4.78, 5) is 0. The van der Waals surface area contributed by atoms with Crippen LogP contribution in [0.2, 0.25) is 0 Å². The van der Waals surface area contributed by atoms with E-state index in [4.69, 9.17) is 4.42 Å². The highest BCUT2D eigenvalue weighted by Crippen LogP contribution is 2.29. The predicted octanol–water partition coefficient (Wildman–Crippen LogP) is 4.83. The first-order chi connectivity index (χ1) is 9.67. The quantitative estimate of drug-likeness (QED) is 0.815. The molecule has 4 heteroatoms. The molecule has 1 aromatic carbocycles. The molecule has 1 atom stereocenters. The lowest BCUT2D eigenvalue weighted by Crippen LogP contribution is -2.23. The zero-order valence-corrected chi connectivity index (χ0v) is 13.3. The fourth-order valence-corrected chi connectivity index (χ4v) is 2.68. The fraction of sp³-hybridized carbons (Fsp3) is 0.375. The molecule has 0 saturated heterocycles. The first kappa shape index (κ1) is 15.3. The van der Waals surface area contributed by atoms with Crippen molar-refractivity contribution in [2.45, 2.75) is 32.7 Å². The van der Waals surface area contributed by atoms with Crippen LogP contribution in [-0.2, 0) is 6.42 Å². The summed E-state index contributed by atoms with van der Waals surface area (Å²) in [6.07, 6.45) is 3.60. The van der Waals surface area contributed by atoms with Crippen molar-refractivity contribution in [1.29, 1.82) is 0 Å². The maximum absolute atomic E-state index is 13.4. The van der Waals surface area contributed by atoms with Crippen molar-refractivity contribution in [3.05, 3.63) is 57.7 Å². The van der Waals surface area contributed by atoms with E-state index in [2.05, 4.69) is 35.1 Å². The molecule has 0 saturated carbocycles. The molecule has 20 heavy (non-hydrogen) atoms. The van der Waals surface area contributed by atoms with E-state index in [-0.39, 0.29) is 11.9 Å². The Bertz CT molecular complexity index is 567. The van der Waals surface area contributed by atoms with Crippen LogP contribution in [0.5, 0.6) is 0 Å². The number of hydrogen-bond donors (Lipinski definition) is 1. The highest BCUT2D eigenvalue weighted by Gasteiger charge is 2.19. The van der Waals surface area contributed by atoms with E-state index in [0.29, 0.717) is 4.47 Å². The molecule has 2 rings (SSSR count). The van der Waals surface area contributed by atoms with Crippen molar-refractivity contribution in [1.82, 2.24) is 5.32 Å². The monoisotopic (exact) mass is 339 g/mol. The van der Waals surface area contributed by atoms with Crippen LogP contribution in [0.1, 0.15) is 43.2 Å². The molecule has 0 aliphatic heterocycles. The minimum Gasteiger partial charge on any atom is -0.469 e. The maximum Gasteiger partial charge on any atom is 0.137 e. The first-order valence-corrected chi connectivity index (χ1v) is 7.71. The molecule has 0 aliphatic rings. The topological polar surface area (TPSA) is 25.2 Å². The van der Waals surface area contributed by atoms with Crippen LogP contribution in [0, 0.1) is 5.82 Å². The lowest BCUT2D eigenvalue weighted by Gasteiger charge is -2.19. The second-order valence-corrected chi connectivity index (χ2v) is 5.57. The summed E-state index contributed by atoms with van der Waals surface area (Å²) < 4.78 is 19.4. The number of benzene rings is 1. The van der Waals surface area contributed by atoms with Gasteiger partial charge in [-0.05, 0) is 52.7 Å². The minimum absolute atomic E-state index is 0.0283. The molecular formula is C16H19BrFNO. The average molecular weight is 340 g/mol. The molecule has 1 aromatic heterocycles. The standard InChI is InChI=1S/C16H19BrFNO/c1-3-8-19-16(12-7-9-20-15(12)4-2)11-5-6-14(18)13(17)10-11/h5-7,9-10,16,19H,3-4,8H2,1-2H3. The molecule has 0 amide bonds. The molecular weight excluding hydrogens is 321 g/mol. The molecule has 0 bridgehead atoms. The van der Waals surface area contributed by atoms with Crippen molar-refractivity contribution >= 4 is 15.9 Å². The van der Waals surface area contributed by atoms with E-state index < -0.39 is 0 Å². The Hall–Kier alpha value is -1.13. The van der Waals surface area contributed by atoms with Gasteiger partial charge in [0, 0.05) is 12.0 Å². The van der Waals surface area contributed by atoms with Gasteiger partial charge >= 0.3 is 0 Å². The van der Waals surface area contributed by atoms with Crippen molar-refractivity contribution in [2.75, 3.05) is 6.54 Å². The number of halogens is 2. The Kier molecular flexibility index (Phi) is 5.38. The first-order valence-electron chi connectivity index (χ1n) is 6.92. The van der Waals surface area contributed by atoms with Gasteiger partial charge in [-0.2, -0.15) is 0 Å². The Balaban J connectivity index is 2.38. The van der Waals surface area contributed by atoms with Crippen molar-refractivity contribution in [2.24, 2.45) is 0 Å². The molecule has 0 radical (unpaired) electrons. The molecule has 0 fully saturated rings. The van der Waals surface area contributed by atoms with Crippen LogP contribution in [0.3, 0.4) is 0 Å². The molecule has 0 spiro atoms. The van der Waals surface area contributed by atoms with E-state index in [0.717, 1.165) is 36.3 Å². The highest BCUT2D eigenvalue weighted by atomic mass is 79.9. The molecule has 0 aliphatic carbocycles. The molecule has 1 N–H and O–H groups in total. The van der Waals surface area contributed by atoms with Crippen LogP contribution in [0.15, 0.2) is 39.4 Å². The third kappa shape index (κ3) is 3.30. The second-order valence-electron chi connectivity index (χ2n) is 4.71. The largest absolute Gasteiger partial charge is 0.469 e. The van der Waals surface area contributed by atoms with Gasteiger partial charge in [0.1, 0.15) is 11.6 Å². The van der Waals surface area contributed by atoms with Gasteiger partial charge in [-0.1, -0.05) is 19.9 Å². The Morgan fingerprint density at radius 2 is 2.10 bits per heavy atom. The van der Waals surface area contributed by atoms with Crippen LogP contribution < -0.4 is 5.32 Å². The normalized spacial score (nSPS) is 12.6. The van der Waals surface area contributed by atoms with Crippen LogP contribution in [0.25, 0.3) is 0 Å². The number of nitrogens with one attached hydrogen (secondary N) is 1. The van der Waals surface area contributed by atoms with Crippen LogP contribution >= 0.6 is 15.9 Å². The summed E-state index contributed by atoms with van der Waals surface area (Å²) >= 11 is 3.26. The van der Waals surface area contributed by atoms with Gasteiger partial charge in [-0.25, -0.2) is 4.39 Å². The Morgan fingerprint density at radius 3 is 2.75 bits per heavy atom. The van der Waals surface area contributed by atoms with Gasteiger partial charge in [0.15, 0.2) is 0 Å². The molecule has 108 valence electrons. The maximum atomic E-state index is 13.4. The second kappa shape index (κ2) is 7.04. The summed E-state index contributed by atoms with van der Waals surface area (Å²) in [5.41, 5.74) is 2.15. The summed E-state index contributed by atoms with van der Waals surface area (Å²) in [5.74, 6) is 0.727. The lowest BCUT2D eigenvalue weighted by atomic mass is 9.98.